The van der Waals surface area contributed by atoms with Gasteiger partial charge in [0.2, 0.25) is 0 Å². The molecule has 2 aromatic rings. The molecular weight excluding hydrogens is 242 g/mol. The van der Waals surface area contributed by atoms with Gasteiger partial charge in [0.25, 0.3) is 5.91 Å². The third-order valence-corrected chi connectivity index (χ3v) is 2.22. The fourth-order valence-electron chi connectivity index (χ4n) is 1.34. The number of hydrogen-bond donors (Lipinski definition) is 2. The van der Waals surface area contributed by atoms with Crippen molar-refractivity contribution < 1.29 is 18.7 Å². The van der Waals surface area contributed by atoms with Crippen LogP contribution in [0.1, 0.15) is 10.4 Å². The zero-order valence-electron chi connectivity index (χ0n) is 9.02. The van der Waals surface area contributed by atoms with Crippen molar-refractivity contribution in [3.8, 4) is 5.75 Å². The smallest absolute Gasteiger partial charge is 0.258 e. The van der Waals surface area contributed by atoms with Crippen LogP contribution in [-0.2, 0) is 0 Å². The topological polar surface area (TPSA) is 62.2 Å². The van der Waals surface area contributed by atoms with E-state index in [2.05, 4.69) is 10.3 Å². The van der Waals surface area contributed by atoms with Gasteiger partial charge in [-0.25, -0.2) is 8.78 Å². The highest BCUT2D eigenvalue weighted by atomic mass is 19.1. The SMILES string of the molecule is O=C(Nc1ccc(O)c(F)c1)c1ccncc1F. The van der Waals surface area contributed by atoms with Crippen molar-refractivity contribution >= 4 is 11.6 Å². The Morgan fingerprint density at radius 2 is 2.00 bits per heavy atom. The summed E-state index contributed by atoms with van der Waals surface area (Å²) in [6.45, 7) is 0. The maximum Gasteiger partial charge on any atom is 0.258 e. The Morgan fingerprint density at radius 1 is 1.22 bits per heavy atom. The minimum absolute atomic E-state index is 0.117. The van der Waals surface area contributed by atoms with Gasteiger partial charge in [-0.3, -0.25) is 9.78 Å². The number of nitrogens with one attached hydrogen (secondary N) is 1. The first-order chi connectivity index (χ1) is 8.58. The fraction of sp³-hybridized carbons (Fsp3) is 0. The molecule has 0 aliphatic rings. The Morgan fingerprint density at radius 3 is 2.67 bits per heavy atom. The lowest BCUT2D eigenvalue weighted by Gasteiger charge is -2.06. The number of phenols is 1. The molecule has 0 aliphatic heterocycles. The van der Waals surface area contributed by atoms with E-state index in [0.717, 1.165) is 18.3 Å². The van der Waals surface area contributed by atoms with Gasteiger partial charge >= 0.3 is 0 Å². The molecule has 1 aromatic carbocycles. The van der Waals surface area contributed by atoms with Gasteiger partial charge in [-0.05, 0) is 18.2 Å². The van der Waals surface area contributed by atoms with E-state index in [4.69, 9.17) is 5.11 Å². The van der Waals surface area contributed by atoms with E-state index in [9.17, 15) is 13.6 Å². The largest absolute Gasteiger partial charge is 0.505 e. The second-order valence-electron chi connectivity index (χ2n) is 3.48. The first-order valence-corrected chi connectivity index (χ1v) is 4.97. The van der Waals surface area contributed by atoms with E-state index in [-0.39, 0.29) is 11.3 Å². The molecular formula is C12H8F2N2O2. The quantitative estimate of drug-likeness (QED) is 0.804. The van der Waals surface area contributed by atoms with Crippen LogP contribution in [0, 0.1) is 11.6 Å². The van der Waals surface area contributed by atoms with Crippen molar-refractivity contribution in [2.75, 3.05) is 5.32 Å². The number of carbonyl (C=O) groups excluding carboxylic acids is 1. The number of benzene rings is 1. The van der Waals surface area contributed by atoms with E-state index >= 15 is 0 Å². The third kappa shape index (κ3) is 2.42. The molecule has 0 saturated carbocycles. The van der Waals surface area contributed by atoms with Crippen LogP contribution in [0.5, 0.6) is 5.75 Å². The van der Waals surface area contributed by atoms with E-state index in [0.29, 0.717) is 0 Å². The lowest BCUT2D eigenvalue weighted by atomic mass is 10.2. The molecule has 0 atom stereocenters. The number of carbonyl (C=O) groups is 1. The van der Waals surface area contributed by atoms with Crippen molar-refractivity contribution in [1.29, 1.82) is 0 Å². The van der Waals surface area contributed by atoms with Gasteiger partial charge < -0.3 is 10.4 Å². The number of halogens is 2. The number of phenolic OH excluding ortho intramolecular Hbond substituents is 1. The molecule has 0 bridgehead atoms. The first kappa shape index (κ1) is 12.0. The Hall–Kier alpha value is -2.50. The Bertz CT molecular complexity index is 602. The predicted molar refractivity (Wildman–Crippen MR) is 60.2 cm³/mol. The van der Waals surface area contributed by atoms with E-state index < -0.39 is 23.3 Å². The molecule has 1 amide bonds. The van der Waals surface area contributed by atoms with Crippen molar-refractivity contribution in [2.45, 2.75) is 0 Å². The van der Waals surface area contributed by atoms with Crippen LogP contribution in [0.15, 0.2) is 36.7 Å². The number of nitrogens with zero attached hydrogens (tertiary/aromatic N) is 1. The Kier molecular flexibility index (Phi) is 3.18. The highest BCUT2D eigenvalue weighted by Crippen LogP contribution is 2.20. The van der Waals surface area contributed by atoms with Crippen LogP contribution in [0.4, 0.5) is 14.5 Å². The summed E-state index contributed by atoms with van der Waals surface area (Å²) in [6, 6.07) is 4.54. The van der Waals surface area contributed by atoms with Crippen molar-refractivity contribution in [2.24, 2.45) is 0 Å². The van der Waals surface area contributed by atoms with Gasteiger partial charge in [-0.1, -0.05) is 0 Å². The van der Waals surface area contributed by atoms with E-state index in [1.54, 1.807) is 0 Å². The summed E-state index contributed by atoms with van der Waals surface area (Å²) in [7, 11) is 0. The van der Waals surface area contributed by atoms with Crippen LogP contribution in [0.25, 0.3) is 0 Å². The minimum atomic E-state index is -0.872. The Balaban J connectivity index is 2.22. The van der Waals surface area contributed by atoms with Gasteiger partial charge in [-0.2, -0.15) is 0 Å². The number of pyridine rings is 1. The molecule has 18 heavy (non-hydrogen) atoms. The lowest BCUT2D eigenvalue weighted by molar-refractivity contribution is 0.102. The van der Waals surface area contributed by atoms with Gasteiger partial charge in [0.05, 0.1) is 11.8 Å². The summed E-state index contributed by atoms with van der Waals surface area (Å²) in [5.74, 6) is -2.89. The molecule has 0 saturated heterocycles. The molecule has 2 rings (SSSR count). The number of aromatic nitrogens is 1. The highest BCUT2D eigenvalue weighted by Gasteiger charge is 2.12. The minimum Gasteiger partial charge on any atom is -0.505 e. The third-order valence-electron chi connectivity index (χ3n) is 2.22. The van der Waals surface area contributed by atoms with Crippen molar-refractivity contribution in [1.82, 2.24) is 4.98 Å². The average Bonchev–Trinajstić information content (AvgIpc) is 2.34. The molecule has 0 spiro atoms. The number of rotatable bonds is 2. The van der Waals surface area contributed by atoms with Crippen molar-refractivity contribution in [3.63, 3.8) is 0 Å². The van der Waals surface area contributed by atoms with E-state index in [1.165, 1.54) is 18.3 Å². The number of aromatic hydroxyl groups is 1. The molecule has 4 nitrogen and oxygen atoms in total. The van der Waals surface area contributed by atoms with Crippen LogP contribution in [0.3, 0.4) is 0 Å². The molecule has 92 valence electrons. The van der Waals surface area contributed by atoms with Gasteiger partial charge in [-0.15, -0.1) is 0 Å². The molecule has 6 heteroatoms. The molecule has 1 heterocycles. The molecule has 2 N–H and O–H groups in total. The summed E-state index contributed by atoms with van der Waals surface area (Å²) >= 11 is 0. The molecule has 0 radical (unpaired) electrons. The van der Waals surface area contributed by atoms with E-state index in [1.807, 2.05) is 0 Å². The second kappa shape index (κ2) is 4.79. The zero-order valence-corrected chi connectivity index (χ0v) is 9.02. The average molecular weight is 250 g/mol. The predicted octanol–water partition coefficient (Wildman–Crippen LogP) is 2.32. The van der Waals surface area contributed by atoms with Crippen LogP contribution in [-0.4, -0.2) is 16.0 Å². The summed E-state index contributed by atoms with van der Waals surface area (Å²) in [5.41, 5.74) is -0.0787. The number of hydrogen-bond acceptors (Lipinski definition) is 3. The summed E-state index contributed by atoms with van der Waals surface area (Å²) in [6.07, 6.45) is 2.18. The van der Waals surface area contributed by atoms with Crippen LogP contribution in [0.2, 0.25) is 0 Å². The standard InChI is InChI=1S/C12H8F2N2O2/c13-9-5-7(1-2-11(9)17)16-12(18)8-3-4-15-6-10(8)14/h1-6,17H,(H,16,18). The van der Waals surface area contributed by atoms with Gasteiger partial charge in [0, 0.05) is 18.0 Å². The molecule has 0 aliphatic carbocycles. The maximum absolute atomic E-state index is 13.2. The van der Waals surface area contributed by atoms with Crippen molar-refractivity contribution in [3.05, 3.63) is 53.9 Å². The van der Waals surface area contributed by atoms with Gasteiger partial charge in [0.15, 0.2) is 17.4 Å². The summed E-state index contributed by atoms with van der Waals surface area (Å²) in [5, 5.41) is 11.3. The summed E-state index contributed by atoms with van der Waals surface area (Å²) < 4.78 is 26.3. The second-order valence-corrected chi connectivity index (χ2v) is 3.48. The molecule has 0 unspecified atom stereocenters. The fourth-order valence-corrected chi connectivity index (χ4v) is 1.34. The zero-order chi connectivity index (χ0) is 13.1. The maximum atomic E-state index is 13.2. The highest BCUT2D eigenvalue weighted by molar-refractivity contribution is 6.04. The number of amides is 1. The monoisotopic (exact) mass is 250 g/mol. The number of anilines is 1. The first-order valence-electron chi connectivity index (χ1n) is 4.97. The normalized spacial score (nSPS) is 10.1. The lowest BCUT2D eigenvalue weighted by Crippen LogP contribution is -2.13. The molecule has 1 aromatic heterocycles. The Labute approximate surface area is 101 Å². The summed E-state index contributed by atoms with van der Waals surface area (Å²) in [4.78, 5) is 15.2. The van der Waals surface area contributed by atoms with Crippen LogP contribution >= 0.6 is 0 Å². The van der Waals surface area contributed by atoms with Gasteiger partial charge in [0.1, 0.15) is 0 Å². The molecule has 0 fully saturated rings. The van der Waals surface area contributed by atoms with Crippen LogP contribution < -0.4 is 5.32 Å².